The van der Waals surface area contributed by atoms with Gasteiger partial charge >= 0.3 is 0 Å². The SMILES string of the molecule is O=C(Nc1ccc(F)cc1)c1nnn2c1COC(c1ccc(Cl)cc1)C2. The number of rotatable bonds is 3. The molecular weight excluding hydrogens is 359 g/mol. The fourth-order valence-corrected chi connectivity index (χ4v) is 2.92. The van der Waals surface area contributed by atoms with Crippen LogP contribution in [0.5, 0.6) is 0 Å². The molecule has 1 amide bonds. The number of carbonyl (C=O) groups excluding carboxylic acids is 1. The number of halogens is 2. The van der Waals surface area contributed by atoms with Crippen molar-refractivity contribution in [1.82, 2.24) is 15.0 Å². The van der Waals surface area contributed by atoms with E-state index < -0.39 is 5.91 Å². The average Bonchev–Trinajstić information content (AvgIpc) is 3.07. The third-order valence-electron chi connectivity index (χ3n) is 4.16. The van der Waals surface area contributed by atoms with Crippen molar-refractivity contribution in [1.29, 1.82) is 0 Å². The summed E-state index contributed by atoms with van der Waals surface area (Å²) in [4.78, 5) is 12.4. The van der Waals surface area contributed by atoms with Crippen molar-refractivity contribution in [3.05, 3.63) is 76.3 Å². The Morgan fingerprint density at radius 2 is 1.92 bits per heavy atom. The van der Waals surface area contributed by atoms with Crippen LogP contribution in [-0.2, 0) is 17.9 Å². The molecule has 0 aliphatic carbocycles. The molecule has 1 aliphatic rings. The van der Waals surface area contributed by atoms with Gasteiger partial charge in [0.1, 0.15) is 11.9 Å². The zero-order chi connectivity index (χ0) is 18.1. The first-order chi connectivity index (χ1) is 12.6. The highest BCUT2D eigenvalue weighted by Crippen LogP contribution is 2.28. The van der Waals surface area contributed by atoms with Gasteiger partial charge in [0, 0.05) is 10.7 Å². The van der Waals surface area contributed by atoms with Crippen molar-refractivity contribution in [2.45, 2.75) is 19.3 Å². The molecule has 26 heavy (non-hydrogen) atoms. The summed E-state index contributed by atoms with van der Waals surface area (Å²) in [7, 11) is 0. The van der Waals surface area contributed by atoms with Crippen molar-refractivity contribution in [2.75, 3.05) is 5.32 Å². The quantitative estimate of drug-likeness (QED) is 0.762. The number of nitrogens with zero attached hydrogens (tertiary/aromatic N) is 3. The Morgan fingerprint density at radius 3 is 2.65 bits per heavy atom. The van der Waals surface area contributed by atoms with Crippen LogP contribution >= 0.6 is 11.6 Å². The number of carbonyl (C=O) groups is 1. The van der Waals surface area contributed by atoms with Gasteiger partial charge in [-0.3, -0.25) is 4.79 Å². The van der Waals surface area contributed by atoms with Crippen LogP contribution in [0.3, 0.4) is 0 Å². The summed E-state index contributed by atoms with van der Waals surface area (Å²) in [5, 5.41) is 11.4. The Balaban J connectivity index is 1.51. The van der Waals surface area contributed by atoms with E-state index in [2.05, 4.69) is 15.6 Å². The molecule has 1 aromatic heterocycles. The third kappa shape index (κ3) is 3.31. The van der Waals surface area contributed by atoms with Gasteiger partial charge in [0.15, 0.2) is 5.69 Å². The maximum atomic E-state index is 13.0. The summed E-state index contributed by atoms with van der Waals surface area (Å²) >= 11 is 5.91. The lowest BCUT2D eigenvalue weighted by molar-refractivity contribution is -0.00171. The lowest BCUT2D eigenvalue weighted by Crippen LogP contribution is -2.24. The Hall–Kier alpha value is -2.77. The van der Waals surface area contributed by atoms with Crippen LogP contribution in [0.4, 0.5) is 10.1 Å². The lowest BCUT2D eigenvalue weighted by atomic mass is 10.1. The average molecular weight is 373 g/mol. The molecule has 0 saturated carbocycles. The maximum absolute atomic E-state index is 13.0. The van der Waals surface area contributed by atoms with Crippen LogP contribution in [0.25, 0.3) is 0 Å². The van der Waals surface area contributed by atoms with E-state index >= 15 is 0 Å². The van der Waals surface area contributed by atoms with Gasteiger partial charge in [-0.15, -0.1) is 5.10 Å². The minimum Gasteiger partial charge on any atom is -0.365 e. The van der Waals surface area contributed by atoms with Crippen molar-refractivity contribution in [3.8, 4) is 0 Å². The van der Waals surface area contributed by atoms with E-state index in [4.69, 9.17) is 16.3 Å². The highest BCUT2D eigenvalue weighted by atomic mass is 35.5. The second-order valence-corrected chi connectivity index (χ2v) is 6.32. The molecule has 2 heterocycles. The highest BCUT2D eigenvalue weighted by Gasteiger charge is 2.27. The third-order valence-corrected chi connectivity index (χ3v) is 4.41. The molecule has 0 bridgehead atoms. The number of nitrogens with one attached hydrogen (secondary N) is 1. The number of aromatic nitrogens is 3. The molecule has 0 fully saturated rings. The van der Waals surface area contributed by atoms with E-state index in [1.165, 1.54) is 24.3 Å². The molecule has 1 unspecified atom stereocenters. The van der Waals surface area contributed by atoms with Crippen LogP contribution < -0.4 is 5.32 Å². The number of fused-ring (bicyclic) bond motifs is 1. The van der Waals surface area contributed by atoms with Crippen molar-refractivity contribution < 1.29 is 13.9 Å². The minimum absolute atomic E-state index is 0.186. The monoisotopic (exact) mass is 372 g/mol. The predicted molar refractivity (Wildman–Crippen MR) is 93.4 cm³/mol. The Kier molecular flexibility index (Phi) is 4.40. The van der Waals surface area contributed by atoms with Crippen LogP contribution in [-0.4, -0.2) is 20.9 Å². The first kappa shape index (κ1) is 16.7. The normalized spacial score (nSPS) is 16.2. The van der Waals surface area contributed by atoms with E-state index in [1.54, 1.807) is 16.8 Å². The van der Waals surface area contributed by atoms with Crippen molar-refractivity contribution >= 4 is 23.2 Å². The molecule has 1 atom stereocenters. The van der Waals surface area contributed by atoms with Gasteiger partial charge in [-0.1, -0.05) is 28.9 Å². The zero-order valence-corrected chi connectivity index (χ0v) is 14.3. The first-order valence-corrected chi connectivity index (χ1v) is 8.34. The molecule has 2 aromatic carbocycles. The second kappa shape index (κ2) is 6.86. The number of hydrogen-bond donors (Lipinski definition) is 1. The molecule has 4 rings (SSSR count). The van der Waals surface area contributed by atoms with Gasteiger partial charge in [0.25, 0.3) is 5.91 Å². The van der Waals surface area contributed by atoms with Crippen LogP contribution in [0.15, 0.2) is 48.5 Å². The molecule has 0 saturated heterocycles. The molecule has 3 aromatic rings. The van der Waals surface area contributed by atoms with E-state index in [-0.39, 0.29) is 24.2 Å². The summed E-state index contributed by atoms with van der Waals surface area (Å²) in [5.41, 5.74) is 2.26. The molecule has 8 heteroatoms. The lowest BCUT2D eigenvalue weighted by Gasteiger charge is -2.24. The van der Waals surface area contributed by atoms with E-state index in [1.807, 2.05) is 12.1 Å². The molecule has 132 valence electrons. The summed E-state index contributed by atoms with van der Waals surface area (Å²) < 4.78 is 20.5. The number of ether oxygens (including phenoxy) is 1. The van der Waals surface area contributed by atoms with Gasteiger partial charge in [-0.25, -0.2) is 9.07 Å². The van der Waals surface area contributed by atoms with Crippen LogP contribution in [0, 0.1) is 5.82 Å². The Morgan fingerprint density at radius 1 is 1.19 bits per heavy atom. The number of amides is 1. The number of anilines is 1. The van der Waals surface area contributed by atoms with Gasteiger partial charge in [0.2, 0.25) is 0 Å². The van der Waals surface area contributed by atoms with Crippen LogP contribution in [0.2, 0.25) is 5.02 Å². The van der Waals surface area contributed by atoms with Crippen molar-refractivity contribution in [3.63, 3.8) is 0 Å². The second-order valence-electron chi connectivity index (χ2n) is 5.88. The predicted octanol–water partition coefficient (Wildman–Crippen LogP) is 3.59. The molecule has 0 spiro atoms. The van der Waals surface area contributed by atoms with Gasteiger partial charge in [-0.2, -0.15) is 0 Å². The topological polar surface area (TPSA) is 69.0 Å². The standard InChI is InChI=1S/C18H14ClFN4O2/c19-12-3-1-11(2-4-12)16-9-24-15(10-26-16)17(22-23-24)18(25)21-14-7-5-13(20)6-8-14/h1-8,16H,9-10H2,(H,21,25). The Bertz CT molecular complexity index is 941. The highest BCUT2D eigenvalue weighted by molar-refractivity contribution is 6.30. The number of benzene rings is 2. The molecule has 1 aliphatic heterocycles. The summed E-state index contributed by atoms with van der Waals surface area (Å²) in [6, 6.07) is 12.9. The smallest absolute Gasteiger partial charge is 0.278 e. The minimum atomic E-state index is -0.411. The molecule has 0 radical (unpaired) electrons. The summed E-state index contributed by atoms with van der Waals surface area (Å²) in [5.74, 6) is -0.780. The summed E-state index contributed by atoms with van der Waals surface area (Å²) in [6.07, 6.45) is -0.186. The van der Waals surface area contributed by atoms with Crippen molar-refractivity contribution in [2.24, 2.45) is 0 Å². The number of hydrogen-bond acceptors (Lipinski definition) is 4. The maximum Gasteiger partial charge on any atom is 0.278 e. The fraction of sp³-hybridized carbons (Fsp3) is 0.167. The summed E-state index contributed by atoms with van der Waals surface area (Å²) in [6.45, 7) is 0.667. The van der Waals surface area contributed by atoms with Gasteiger partial charge < -0.3 is 10.1 Å². The molecular formula is C18H14ClFN4O2. The fourth-order valence-electron chi connectivity index (χ4n) is 2.79. The van der Waals surface area contributed by atoms with Gasteiger partial charge in [0.05, 0.1) is 18.8 Å². The Labute approximate surface area is 153 Å². The van der Waals surface area contributed by atoms with E-state index in [0.717, 1.165) is 5.56 Å². The van der Waals surface area contributed by atoms with Crippen LogP contribution in [0.1, 0.15) is 27.8 Å². The largest absolute Gasteiger partial charge is 0.365 e. The molecule has 1 N–H and O–H groups in total. The molecule has 6 nitrogen and oxygen atoms in total. The first-order valence-electron chi connectivity index (χ1n) is 7.96. The van der Waals surface area contributed by atoms with Gasteiger partial charge in [-0.05, 0) is 42.0 Å². The zero-order valence-electron chi connectivity index (χ0n) is 13.5. The van der Waals surface area contributed by atoms with E-state index in [9.17, 15) is 9.18 Å². The van der Waals surface area contributed by atoms with E-state index in [0.29, 0.717) is 22.9 Å².